The Labute approximate surface area is 134 Å². The van der Waals surface area contributed by atoms with Crippen LogP contribution in [0.25, 0.3) is 0 Å². The Hall–Kier alpha value is -0.840. The van der Waals surface area contributed by atoms with Crippen molar-refractivity contribution in [3.63, 3.8) is 0 Å². The van der Waals surface area contributed by atoms with Gasteiger partial charge in [-0.05, 0) is 67.6 Å². The van der Waals surface area contributed by atoms with E-state index in [4.69, 9.17) is 0 Å². The summed E-state index contributed by atoms with van der Waals surface area (Å²) >= 11 is 0. The Kier molecular flexibility index (Phi) is 3.23. The van der Waals surface area contributed by atoms with Crippen molar-refractivity contribution in [1.82, 2.24) is 0 Å². The zero-order valence-electron chi connectivity index (χ0n) is 14.1. The summed E-state index contributed by atoms with van der Waals surface area (Å²) in [6, 6.07) is 2.52. The number of fused-ring (bicyclic) bond motifs is 5. The Bertz CT molecular complexity index is 534. The lowest BCUT2D eigenvalue weighted by atomic mass is 9.45. The fourth-order valence-electron chi connectivity index (χ4n) is 7.30. The molecule has 0 aromatic carbocycles. The normalized spacial score (nSPS) is 54.0. The molecule has 0 saturated heterocycles. The quantitative estimate of drug-likeness (QED) is 0.648. The number of hydrogen-bond donors (Lipinski definition) is 0. The number of carbonyl (C=O) groups is 1. The Morgan fingerprint density at radius 2 is 1.91 bits per heavy atom. The summed E-state index contributed by atoms with van der Waals surface area (Å²) in [4.78, 5) is 12.6. The summed E-state index contributed by atoms with van der Waals surface area (Å²) in [6.45, 7) is 4.73. The molecule has 0 aromatic heterocycles. The second-order valence-corrected chi connectivity index (χ2v) is 9.14. The number of rotatable bonds is 0. The predicted octanol–water partition coefficient (Wildman–Crippen LogP) is 4.74. The van der Waals surface area contributed by atoms with Crippen LogP contribution in [0.2, 0.25) is 0 Å². The molecule has 120 valence electrons. The minimum absolute atomic E-state index is 0.00552. The maximum Gasteiger partial charge on any atom is 0.140 e. The van der Waals surface area contributed by atoms with Gasteiger partial charge in [0, 0.05) is 11.8 Å². The molecule has 0 N–H and O–H groups in total. The van der Waals surface area contributed by atoms with Crippen molar-refractivity contribution in [3.05, 3.63) is 0 Å². The molecule has 0 unspecified atom stereocenters. The molecule has 0 bridgehead atoms. The van der Waals surface area contributed by atoms with Gasteiger partial charge in [-0.25, -0.2) is 0 Å². The highest BCUT2D eigenvalue weighted by Crippen LogP contribution is 2.66. The van der Waals surface area contributed by atoms with Crippen molar-refractivity contribution in [2.75, 3.05) is 0 Å². The summed E-state index contributed by atoms with van der Waals surface area (Å²) in [7, 11) is 0. The third-order valence-corrected chi connectivity index (χ3v) is 8.48. The van der Waals surface area contributed by atoms with Gasteiger partial charge >= 0.3 is 0 Å². The summed E-state index contributed by atoms with van der Waals surface area (Å²) in [5, 5.41) is 9.62. The maximum absolute atomic E-state index is 12.6. The lowest BCUT2D eigenvalue weighted by molar-refractivity contribution is -0.139. The van der Waals surface area contributed by atoms with E-state index in [0.717, 1.165) is 18.3 Å². The van der Waals surface area contributed by atoms with E-state index in [0.29, 0.717) is 29.5 Å². The molecule has 0 aromatic rings. The largest absolute Gasteiger partial charge is 0.299 e. The molecule has 7 atom stereocenters. The van der Waals surface area contributed by atoms with Gasteiger partial charge in [-0.2, -0.15) is 5.26 Å². The molecule has 4 aliphatic rings. The molecule has 2 nitrogen and oxygen atoms in total. The van der Waals surface area contributed by atoms with Gasteiger partial charge in [0.2, 0.25) is 0 Å². The van der Waals surface area contributed by atoms with E-state index in [-0.39, 0.29) is 11.3 Å². The van der Waals surface area contributed by atoms with Gasteiger partial charge in [-0.15, -0.1) is 0 Å². The smallest absolute Gasteiger partial charge is 0.140 e. The van der Waals surface area contributed by atoms with Crippen molar-refractivity contribution in [2.24, 2.45) is 40.4 Å². The molecule has 0 amide bonds. The zero-order chi connectivity index (χ0) is 15.5. The molecule has 22 heavy (non-hydrogen) atoms. The SMILES string of the molecule is C[C@]12CCCC[C@@H]1CC[C@@H]1[C@H]3[C@@H](C#N)CC(=O)[C@@]3(C)CC[C@H]12. The summed E-state index contributed by atoms with van der Waals surface area (Å²) in [6.07, 6.45) is 11.0. The summed E-state index contributed by atoms with van der Waals surface area (Å²) in [5.74, 6) is 3.04. The molecule has 4 aliphatic carbocycles. The van der Waals surface area contributed by atoms with Crippen molar-refractivity contribution in [2.45, 2.75) is 71.6 Å². The standard InChI is InChI=1S/C20H29NO/c1-19-9-4-3-5-14(19)6-7-15-16(19)8-10-20(2)17(22)11-13(12-21)18(15)20/h13-16,18H,3-11H2,1-2H3/t13-,14-,15+,16-,18-,19+,20-/m1/s1. The van der Waals surface area contributed by atoms with Gasteiger partial charge in [0.1, 0.15) is 5.78 Å². The van der Waals surface area contributed by atoms with E-state index in [1.807, 2.05) is 0 Å². The van der Waals surface area contributed by atoms with Crippen molar-refractivity contribution in [3.8, 4) is 6.07 Å². The summed E-state index contributed by atoms with van der Waals surface area (Å²) < 4.78 is 0. The molecule has 4 fully saturated rings. The molecular weight excluding hydrogens is 270 g/mol. The molecule has 0 heterocycles. The van der Waals surface area contributed by atoms with E-state index < -0.39 is 0 Å². The fourth-order valence-corrected chi connectivity index (χ4v) is 7.30. The van der Waals surface area contributed by atoms with Gasteiger partial charge in [0.15, 0.2) is 0 Å². The third kappa shape index (κ3) is 1.75. The van der Waals surface area contributed by atoms with Crippen LogP contribution in [-0.4, -0.2) is 5.78 Å². The van der Waals surface area contributed by atoms with Crippen LogP contribution in [0.1, 0.15) is 71.6 Å². The van der Waals surface area contributed by atoms with Crippen LogP contribution in [0.5, 0.6) is 0 Å². The monoisotopic (exact) mass is 299 g/mol. The van der Waals surface area contributed by atoms with Crippen LogP contribution < -0.4 is 0 Å². The molecule has 2 heteroatoms. The summed E-state index contributed by atoms with van der Waals surface area (Å²) in [5.41, 5.74) is 0.313. The molecule has 0 radical (unpaired) electrons. The first-order valence-electron chi connectivity index (χ1n) is 9.43. The minimum atomic E-state index is -0.181. The molecular formula is C20H29NO. The van der Waals surface area contributed by atoms with Crippen molar-refractivity contribution < 1.29 is 4.79 Å². The fraction of sp³-hybridized carbons (Fsp3) is 0.900. The van der Waals surface area contributed by atoms with Crippen LogP contribution in [-0.2, 0) is 4.79 Å². The molecule has 0 spiro atoms. The highest BCUT2D eigenvalue weighted by molar-refractivity contribution is 5.88. The molecule has 0 aliphatic heterocycles. The lowest BCUT2D eigenvalue weighted by Crippen LogP contribution is -2.53. The Morgan fingerprint density at radius 1 is 1.09 bits per heavy atom. The average Bonchev–Trinajstić information content (AvgIpc) is 2.78. The Morgan fingerprint density at radius 3 is 2.68 bits per heavy atom. The van der Waals surface area contributed by atoms with Crippen LogP contribution in [0.4, 0.5) is 0 Å². The minimum Gasteiger partial charge on any atom is -0.299 e. The van der Waals surface area contributed by atoms with E-state index in [1.54, 1.807) is 0 Å². The number of hydrogen-bond acceptors (Lipinski definition) is 2. The topological polar surface area (TPSA) is 40.9 Å². The first-order chi connectivity index (χ1) is 10.5. The average molecular weight is 299 g/mol. The van der Waals surface area contributed by atoms with Crippen molar-refractivity contribution in [1.29, 1.82) is 5.26 Å². The highest BCUT2D eigenvalue weighted by Gasteiger charge is 2.62. The van der Waals surface area contributed by atoms with E-state index in [9.17, 15) is 10.1 Å². The van der Waals surface area contributed by atoms with Gasteiger partial charge in [0.25, 0.3) is 0 Å². The second kappa shape index (κ2) is 4.83. The first-order valence-corrected chi connectivity index (χ1v) is 9.43. The van der Waals surface area contributed by atoms with Gasteiger partial charge in [-0.3, -0.25) is 4.79 Å². The highest BCUT2D eigenvalue weighted by atomic mass is 16.1. The lowest BCUT2D eigenvalue weighted by Gasteiger charge is -2.59. The molecule has 4 saturated carbocycles. The van der Waals surface area contributed by atoms with Crippen molar-refractivity contribution >= 4 is 5.78 Å². The third-order valence-electron chi connectivity index (χ3n) is 8.48. The van der Waals surface area contributed by atoms with Gasteiger partial charge in [-0.1, -0.05) is 26.7 Å². The Balaban J connectivity index is 1.71. The number of nitrogens with zero attached hydrogens (tertiary/aromatic N) is 1. The van der Waals surface area contributed by atoms with Crippen LogP contribution in [0.3, 0.4) is 0 Å². The second-order valence-electron chi connectivity index (χ2n) is 9.14. The van der Waals surface area contributed by atoms with Gasteiger partial charge in [0.05, 0.1) is 12.0 Å². The van der Waals surface area contributed by atoms with E-state index in [1.165, 1.54) is 44.9 Å². The van der Waals surface area contributed by atoms with Crippen LogP contribution in [0, 0.1) is 51.8 Å². The van der Waals surface area contributed by atoms with Crippen LogP contribution in [0.15, 0.2) is 0 Å². The number of carbonyl (C=O) groups excluding carboxylic acids is 1. The predicted molar refractivity (Wildman–Crippen MR) is 85.8 cm³/mol. The maximum atomic E-state index is 12.6. The van der Waals surface area contributed by atoms with Crippen LogP contribution >= 0.6 is 0 Å². The number of nitriles is 1. The number of Topliss-reactive ketones (excluding diaryl/α,β-unsaturated/α-hetero) is 1. The number of ketones is 1. The molecule has 4 rings (SSSR count). The zero-order valence-corrected chi connectivity index (χ0v) is 14.1. The van der Waals surface area contributed by atoms with E-state index in [2.05, 4.69) is 19.9 Å². The van der Waals surface area contributed by atoms with Gasteiger partial charge < -0.3 is 0 Å². The first kappa shape index (κ1) is 14.7. The van der Waals surface area contributed by atoms with E-state index >= 15 is 0 Å².